The summed E-state index contributed by atoms with van der Waals surface area (Å²) < 4.78 is 28.6. The molecule has 0 aliphatic heterocycles. The van der Waals surface area contributed by atoms with E-state index in [1.54, 1.807) is 13.8 Å². The average Bonchev–Trinajstić information content (AvgIpc) is 3.50. The fraction of sp³-hybridized carbons (Fsp3) is 0.656. The van der Waals surface area contributed by atoms with Gasteiger partial charge >= 0.3 is 0 Å². The van der Waals surface area contributed by atoms with E-state index < -0.39 is 15.6 Å². The second kappa shape index (κ2) is 10.7. The molecule has 2 aliphatic carbocycles. The molecule has 0 bridgehead atoms. The lowest BCUT2D eigenvalue weighted by Gasteiger charge is -2.26. The van der Waals surface area contributed by atoms with Gasteiger partial charge in [0.25, 0.3) is 5.91 Å². The van der Waals surface area contributed by atoms with Gasteiger partial charge in [0.1, 0.15) is 0 Å². The van der Waals surface area contributed by atoms with Gasteiger partial charge in [0.05, 0.1) is 11.8 Å². The Bertz CT molecular complexity index is 1300. The Kier molecular flexibility index (Phi) is 8.19. The topological polar surface area (TPSA) is 80.2 Å². The number of carbonyl (C=O) groups excluding carboxylic acids is 1. The highest BCUT2D eigenvalue weighted by molar-refractivity contribution is 7.88. The first-order valence-electron chi connectivity index (χ1n) is 14.6. The highest BCUT2D eigenvalue weighted by Crippen LogP contribution is 2.49. The molecular formula is C32H49N3O3S. The van der Waals surface area contributed by atoms with Gasteiger partial charge in [0.15, 0.2) is 0 Å². The van der Waals surface area contributed by atoms with E-state index >= 15 is 0 Å². The summed E-state index contributed by atoms with van der Waals surface area (Å²) in [5, 5.41) is 3.00. The molecule has 0 atom stereocenters. The van der Waals surface area contributed by atoms with Crippen molar-refractivity contribution < 1.29 is 13.2 Å². The van der Waals surface area contributed by atoms with Crippen molar-refractivity contribution >= 4 is 15.9 Å². The molecule has 1 aromatic carbocycles. The molecule has 0 unspecified atom stereocenters. The van der Waals surface area contributed by atoms with Crippen molar-refractivity contribution in [2.75, 3.05) is 12.8 Å². The molecule has 1 heterocycles. The number of amides is 1. The number of carbonyl (C=O) groups is 1. The van der Waals surface area contributed by atoms with E-state index in [-0.39, 0.29) is 23.3 Å². The van der Waals surface area contributed by atoms with Crippen LogP contribution in [0.5, 0.6) is 0 Å². The van der Waals surface area contributed by atoms with Gasteiger partial charge in [0.2, 0.25) is 10.0 Å². The van der Waals surface area contributed by atoms with E-state index in [4.69, 9.17) is 0 Å². The molecule has 2 aromatic rings. The first-order chi connectivity index (χ1) is 18.0. The van der Waals surface area contributed by atoms with Gasteiger partial charge in [0, 0.05) is 30.0 Å². The Morgan fingerprint density at radius 3 is 2.23 bits per heavy atom. The van der Waals surface area contributed by atoms with E-state index in [1.807, 2.05) is 0 Å². The first-order valence-corrected chi connectivity index (χ1v) is 16.5. The fourth-order valence-corrected chi connectivity index (χ4v) is 7.02. The number of benzene rings is 1. The molecule has 2 fully saturated rings. The molecule has 0 saturated heterocycles. The standard InChI is InChI=1S/C32H49N3O3S/c1-22-27(29(36)33-21-31(5,6)34-39(8,37)38)19-28(35(22)20-23-12-10-9-11-13-23)24-16-25(30(2,3)4)18-26(17-24)32(7)14-15-32/h16-19,23,34H,9-15,20-21H2,1-8H3,(H,33,36). The van der Waals surface area contributed by atoms with Crippen LogP contribution < -0.4 is 10.0 Å². The lowest BCUT2D eigenvalue weighted by molar-refractivity contribution is 0.0943. The maximum atomic E-state index is 13.5. The van der Waals surface area contributed by atoms with Crippen molar-refractivity contribution in [3.8, 4) is 11.3 Å². The van der Waals surface area contributed by atoms with E-state index in [9.17, 15) is 13.2 Å². The minimum Gasteiger partial charge on any atom is -0.350 e. The summed E-state index contributed by atoms with van der Waals surface area (Å²) in [7, 11) is -3.39. The minimum absolute atomic E-state index is 0.0181. The first kappa shape index (κ1) is 29.9. The Morgan fingerprint density at radius 1 is 1.03 bits per heavy atom. The smallest absolute Gasteiger partial charge is 0.253 e. The number of nitrogens with one attached hydrogen (secondary N) is 2. The maximum absolute atomic E-state index is 13.5. The number of rotatable bonds is 9. The molecule has 4 rings (SSSR count). The second-order valence-electron chi connectivity index (χ2n) is 14.2. The van der Waals surface area contributed by atoms with E-state index in [2.05, 4.69) is 73.5 Å². The lowest BCUT2D eigenvalue weighted by Crippen LogP contribution is -2.51. The summed E-state index contributed by atoms with van der Waals surface area (Å²) in [6.45, 7) is 15.9. The molecule has 7 heteroatoms. The Hall–Kier alpha value is -2.12. The molecule has 39 heavy (non-hydrogen) atoms. The van der Waals surface area contributed by atoms with E-state index in [0.717, 1.165) is 24.2 Å². The second-order valence-corrected chi connectivity index (χ2v) is 15.9. The zero-order valence-corrected chi connectivity index (χ0v) is 26.1. The Balaban J connectivity index is 1.74. The fourth-order valence-electron chi connectivity index (χ4n) is 5.94. The van der Waals surface area contributed by atoms with Gasteiger partial charge < -0.3 is 9.88 Å². The average molecular weight is 556 g/mol. The highest BCUT2D eigenvalue weighted by atomic mass is 32.2. The van der Waals surface area contributed by atoms with Crippen LogP contribution in [0.3, 0.4) is 0 Å². The number of nitrogens with zero attached hydrogens (tertiary/aromatic N) is 1. The third-order valence-electron chi connectivity index (χ3n) is 8.72. The lowest BCUT2D eigenvalue weighted by atomic mass is 9.82. The van der Waals surface area contributed by atoms with Gasteiger partial charge in [-0.1, -0.05) is 53.0 Å². The van der Waals surface area contributed by atoms with Crippen LogP contribution in [0, 0.1) is 12.8 Å². The van der Waals surface area contributed by atoms with Crippen LogP contribution in [0.4, 0.5) is 0 Å². The Morgan fingerprint density at radius 2 is 1.67 bits per heavy atom. The predicted octanol–water partition coefficient (Wildman–Crippen LogP) is 6.45. The van der Waals surface area contributed by atoms with Crippen molar-refractivity contribution in [2.45, 2.75) is 116 Å². The number of aromatic nitrogens is 1. The number of hydrogen-bond donors (Lipinski definition) is 2. The number of sulfonamides is 1. The zero-order chi connectivity index (χ0) is 28.8. The summed E-state index contributed by atoms with van der Waals surface area (Å²) >= 11 is 0. The summed E-state index contributed by atoms with van der Waals surface area (Å²) in [5.74, 6) is 0.449. The maximum Gasteiger partial charge on any atom is 0.253 e. The van der Waals surface area contributed by atoms with Gasteiger partial charge in [-0.2, -0.15) is 0 Å². The van der Waals surface area contributed by atoms with Gasteiger partial charge in [-0.15, -0.1) is 0 Å². The van der Waals surface area contributed by atoms with Crippen molar-refractivity contribution in [3.05, 3.63) is 46.6 Å². The minimum atomic E-state index is -3.39. The van der Waals surface area contributed by atoms with Crippen LogP contribution in [-0.2, 0) is 27.4 Å². The Labute approximate surface area is 236 Å². The predicted molar refractivity (Wildman–Crippen MR) is 161 cm³/mol. The zero-order valence-electron chi connectivity index (χ0n) is 25.3. The summed E-state index contributed by atoms with van der Waals surface area (Å²) in [6, 6.07) is 9.13. The molecule has 0 spiro atoms. The summed E-state index contributed by atoms with van der Waals surface area (Å²) in [6.07, 6.45) is 9.90. The highest BCUT2D eigenvalue weighted by Gasteiger charge is 2.40. The molecule has 1 amide bonds. The van der Waals surface area contributed by atoms with Gasteiger partial charge in [-0.05, 0) is 98.1 Å². The van der Waals surface area contributed by atoms with Crippen LogP contribution in [-0.4, -0.2) is 37.2 Å². The van der Waals surface area contributed by atoms with Crippen LogP contribution >= 0.6 is 0 Å². The monoisotopic (exact) mass is 555 g/mol. The molecule has 0 radical (unpaired) electrons. The molecule has 2 N–H and O–H groups in total. The molecular weight excluding hydrogens is 506 g/mol. The molecule has 6 nitrogen and oxygen atoms in total. The van der Waals surface area contributed by atoms with Crippen LogP contribution in [0.25, 0.3) is 11.3 Å². The third-order valence-corrected chi connectivity index (χ3v) is 9.64. The molecule has 1 aromatic heterocycles. The van der Waals surface area contributed by atoms with E-state index in [0.29, 0.717) is 11.5 Å². The van der Waals surface area contributed by atoms with Crippen molar-refractivity contribution in [3.63, 3.8) is 0 Å². The van der Waals surface area contributed by atoms with Crippen LogP contribution in [0.2, 0.25) is 0 Å². The van der Waals surface area contributed by atoms with Gasteiger partial charge in [-0.3, -0.25) is 4.79 Å². The van der Waals surface area contributed by atoms with Crippen molar-refractivity contribution in [1.82, 2.24) is 14.6 Å². The largest absolute Gasteiger partial charge is 0.350 e. The normalized spacial score (nSPS) is 18.3. The van der Waals surface area contributed by atoms with E-state index in [1.165, 1.54) is 61.6 Å². The molecule has 2 aliphatic rings. The van der Waals surface area contributed by atoms with Crippen molar-refractivity contribution in [1.29, 1.82) is 0 Å². The summed E-state index contributed by atoms with van der Waals surface area (Å²) in [4.78, 5) is 13.5. The quantitative estimate of drug-likeness (QED) is 0.373. The molecule has 2 saturated carbocycles. The van der Waals surface area contributed by atoms with Crippen LogP contribution in [0.15, 0.2) is 24.3 Å². The van der Waals surface area contributed by atoms with Crippen molar-refractivity contribution in [2.24, 2.45) is 5.92 Å². The van der Waals surface area contributed by atoms with Crippen LogP contribution in [0.1, 0.15) is 114 Å². The molecule has 216 valence electrons. The SMILES string of the molecule is Cc1c(C(=O)NCC(C)(C)NS(C)(=O)=O)cc(-c2cc(C(C)(C)C)cc(C3(C)CC3)c2)n1CC1CCCCC1. The van der Waals surface area contributed by atoms with Gasteiger partial charge in [-0.25, -0.2) is 13.1 Å². The third kappa shape index (κ3) is 7.35. The summed E-state index contributed by atoms with van der Waals surface area (Å²) in [5.41, 5.74) is 6.11. The number of hydrogen-bond acceptors (Lipinski definition) is 3.